The number of carbonyl (C=O) groups is 1. The van der Waals surface area contributed by atoms with Crippen LogP contribution in [0.15, 0.2) is 18.2 Å². The van der Waals surface area contributed by atoms with Gasteiger partial charge >= 0.3 is 0 Å². The molecular formula is C10H13Cl2N3O3S. The number of amides is 1. The topological polar surface area (TPSA) is 92.5 Å². The van der Waals surface area contributed by atoms with Crippen molar-refractivity contribution in [1.82, 2.24) is 5.43 Å². The molecule has 1 amide bonds. The van der Waals surface area contributed by atoms with Crippen LogP contribution in [0.5, 0.6) is 0 Å². The molecule has 3 N–H and O–H groups in total. The first-order valence-corrected chi connectivity index (χ1v) is 7.63. The summed E-state index contributed by atoms with van der Waals surface area (Å²) in [4.78, 5) is 11.3. The van der Waals surface area contributed by atoms with E-state index in [1.54, 1.807) is 0 Å². The molecule has 0 fully saturated rings. The molecule has 0 saturated carbocycles. The Balaban J connectivity index is 3.23. The Bertz CT molecular complexity index is 577. The van der Waals surface area contributed by atoms with Crippen molar-refractivity contribution < 1.29 is 13.2 Å². The summed E-state index contributed by atoms with van der Waals surface area (Å²) < 4.78 is 24.9. The Kier molecular flexibility index (Phi) is 5.42. The van der Waals surface area contributed by atoms with Gasteiger partial charge in [-0.3, -0.25) is 14.5 Å². The van der Waals surface area contributed by atoms with Crippen molar-refractivity contribution in [2.24, 2.45) is 5.84 Å². The smallest absolute Gasteiger partial charge is 0.254 e. The van der Waals surface area contributed by atoms with E-state index in [9.17, 15) is 13.2 Å². The molecule has 0 spiro atoms. The quantitative estimate of drug-likeness (QED) is 0.482. The van der Waals surface area contributed by atoms with E-state index < -0.39 is 22.5 Å². The fraction of sp³-hybridized carbons (Fsp3) is 0.300. The Morgan fingerprint density at radius 2 is 2.00 bits per heavy atom. The first-order valence-electron chi connectivity index (χ1n) is 5.26. The molecule has 0 unspecified atom stereocenters. The number of sulfonamides is 1. The van der Waals surface area contributed by atoms with Gasteiger partial charge in [0.25, 0.3) is 5.91 Å². The van der Waals surface area contributed by atoms with Crippen molar-refractivity contribution in [2.75, 3.05) is 16.6 Å². The summed E-state index contributed by atoms with van der Waals surface area (Å²) in [7, 11) is -3.63. The van der Waals surface area contributed by atoms with E-state index in [2.05, 4.69) is 0 Å². The Morgan fingerprint density at radius 3 is 2.47 bits per heavy atom. The zero-order valence-electron chi connectivity index (χ0n) is 10.1. The summed E-state index contributed by atoms with van der Waals surface area (Å²) in [5.41, 5.74) is 2.13. The van der Waals surface area contributed by atoms with Crippen LogP contribution in [0, 0.1) is 0 Å². The van der Waals surface area contributed by atoms with Gasteiger partial charge < -0.3 is 0 Å². The molecule has 1 rings (SSSR count). The predicted octanol–water partition coefficient (Wildman–Crippen LogP) is 1.14. The van der Waals surface area contributed by atoms with Gasteiger partial charge in [-0.05, 0) is 25.1 Å². The van der Waals surface area contributed by atoms with E-state index in [4.69, 9.17) is 29.0 Å². The van der Waals surface area contributed by atoms with Crippen LogP contribution in [0.2, 0.25) is 10.0 Å². The highest BCUT2D eigenvalue weighted by molar-refractivity contribution is 7.92. The first kappa shape index (κ1) is 16.0. The van der Waals surface area contributed by atoms with Crippen LogP contribution in [0.25, 0.3) is 0 Å². The van der Waals surface area contributed by atoms with Crippen LogP contribution >= 0.6 is 23.2 Å². The summed E-state index contributed by atoms with van der Waals surface area (Å²) in [6.45, 7) is 1.05. The third-order valence-electron chi connectivity index (χ3n) is 2.34. The van der Waals surface area contributed by atoms with E-state index in [1.807, 2.05) is 5.43 Å². The molecule has 0 radical (unpaired) electrons. The Morgan fingerprint density at radius 1 is 1.37 bits per heavy atom. The van der Waals surface area contributed by atoms with Crippen LogP contribution in [0.3, 0.4) is 0 Å². The standard InChI is InChI=1S/C10H13Cl2N3O3S/c1-2-19(17,18)15(6-10(16)14-13)7-3-4-8(11)9(12)5-7/h3-5H,2,6,13H2,1H3,(H,14,16). The number of nitrogens with zero attached hydrogens (tertiary/aromatic N) is 1. The van der Waals surface area contributed by atoms with Crippen molar-refractivity contribution in [1.29, 1.82) is 0 Å². The van der Waals surface area contributed by atoms with Gasteiger partial charge in [0, 0.05) is 0 Å². The normalized spacial score (nSPS) is 11.2. The number of carbonyl (C=O) groups excluding carboxylic acids is 1. The van der Waals surface area contributed by atoms with Gasteiger partial charge in [0.1, 0.15) is 6.54 Å². The third kappa shape index (κ3) is 3.97. The van der Waals surface area contributed by atoms with Crippen molar-refractivity contribution in [2.45, 2.75) is 6.92 Å². The number of nitrogens with one attached hydrogen (secondary N) is 1. The summed E-state index contributed by atoms with van der Waals surface area (Å²) >= 11 is 11.6. The predicted molar refractivity (Wildman–Crippen MR) is 75.6 cm³/mol. The molecule has 106 valence electrons. The summed E-state index contributed by atoms with van der Waals surface area (Å²) in [5.74, 6) is 4.17. The molecular weight excluding hydrogens is 313 g/mol. The maximum Gasteiger partial charge on any atom is 0.254 e. The third-order valence-corrected chi connectivity index (χ3v) is 4.82. The lowest BCUT2D eigenvalue weighted by Gasteiger charge is -2.23. The number of rotatable bonds is 5. The Labute approximate surface area is 121 Å². The lowest BCUT2D eigenvalue weighted by atomic mass is 10.3. The molecule has 6 nitrogen and oxygen atoms in total. The van der Waals surface area contributed by atoms with E-state index in [0.29, 0.717) is 5.02 Å². The van der Waals surface area contributed by atoms with Crippen LogP contribution in [0.1, 0.15) is 6.92 Å². The molecule has 0 heterocycles. The lowest BCUT2D eigenvalue weighted by molar-refractivity contribution is -0.119. The number of hydrogen-bond acceptors (Lipinski definition) is 4. The van der Waals surface area contributed by atoms with Gasteiger partial charge in [-0.2, -0.15) is 0 Å². The number of hydrogen-bond donors (Lipinski definition) is 2. The van der Waals surface area contributed by atoms with Crippen LogP contribution in [0.4, 0.5) is 5.69 Å². The molecule has 1 aromatic rings. The summed E-state index contributed by atoms with van der Waals surface area (Å²) in [6, 6.07) is 4.30. The van der Waals surface area contributed by atoms with Gasteiger partial charge in [0.05, 0.1) is 21.5 Å². The highest BCUT2D eigenvalue weighted by Gasteiger charge is 2.23. The van der Waals surface area contributed by atoms with Crippen molar-refractivity contribution in [3.8, 4) is 0 Å². The number of anilines is 1. The van der Waals surface area contributed by atoms with Crippen LogP contribution in [-0.2, 0) is 14.8 Å². The van der Waals surface area contributed by atoms with E-state index >= 15 is 0 Å². The first-order chi connectivity index (χ1) is 8.81. The Hall–Kier alpha value is -1.02. The minimum Gasteiger partial charge on any atom is -0.293 e. The van der Waals surface area contributed by atoms with E-state index in [-0.39, 0.29) is 16.5 Å². The molecule has 0 aliphatic rings. The summed E-state index contributed by atoms with van der Waals surface area (Å²) in [5, 5.41) is 0.492. The van der Waals surface area contributed by atoms with Gasteiger partial charge in [-0.15, -0.1) is 0 Å². The fourth-order valence-corrected chi connectivity index (χ4v) is 2.68. The molecule has 0 atom stereocenters. The molecule has 1 aromatic carbocycles. The van der Waals surface area contributed by atoms with Crippen LogP contribution < -0.4 is 15.6 Å². The average Bonchev–Trinajstić information content (AvgIpc) is 2.38. The monoisotopic (exact) mass is 325 g/mol. The molecule has 9 heteroatoms. The molecule has 0 aliphatic heterocycles. The second kappa shape index (κ2) is 6.42. The minimum absolute atomic E-state index is 0.162. The zero-order valence-corrected chi connectivity index (χ0v) is 12.4. The molecule has 0 aliphatic carbocycles. The van der Waals surface area contributed by atoms with Crippen LogP contribution in [-0.4, -0.2) is 26.6 Å². The van der Waals surface area contributed by atoms with E-state index in [0.717, 1.165) is 4.31 Å². The summed E-state index contributed by atoms with van der Waals surface area (Å²) in [6.07, 6.45) is 0. The lowest BCUT2D eigenvalue weighted by Crippen LogP contribution is -2.43. The van der Waals surface area contributed by atoms with E-state index in [1.165, 1.54) is 25.1 Å². The minimum atomic E-state index is -3.63. The van der Waals surface area contributed by atoms with Gasteiger partial charge in [-0.1, -0.05) is 23.2 Å². The average molecular weight is 326 g/mol. The highest BCUT2D eigenvalue weighted by Crippen LogP contribution is 2.28. The maximum atomic E-state index is 12.0. The van der Waals surface area contributed by atoms with Gasteiger partial charge in [-0.25, -0.2) is 14.3 Å². The number of hydrazine groups is 1. The van der Waals surface area contributed by atoms with Gasteiger partial charge in [0.15, 0.2) is 0 Å². The molecule has 19 heavy (non-hydrogen) atoms. The van der Waals surface area contributed by atoms with Gasteiger partial charge in [0.2, 0.25) is 10.0 Å². The second-order valence-corrected chi connectivity index (χ2v) is 6.57. The molecule has 0 saturated heterocycles. The maximum absolute atomic E-state index is 12.0. The van der Waals surface area contributed by atoms with Crippen molar-refractivity contribution in [3.05, 3.63) is 28.2 Å². The zero-order chi connectivity index (χ0) is 14.6. The number of nitrogens with two attached hydrogens (primary N) is 1. The number of benzene rings is 1. The van der Waals surface area contributed by atoms with Crippen molar-refractivity contribution >= 4 is 44.8 Å². The SMILES string of the molecule is CCS(=O)(=O)N(CC(=O)NN)c1ccc(Cl)c(Cl)c1. The number of halogens is 2. The highest BCUT2D eigenvalue weighted by atomic mass is 35.5. The van der Waals surface area contributed by atoms with Crippen molar-refractivity contribution in [3.63, 3.8) is 0 Å². The molecule has 0 aromatic heterocycles. The second-order valence-electron chi connectivity index (χ2n) is 3.57. The fourth-order valence-electron chi connectivity index (χ4n) is 1.32. The molecule has 0 bridgehead atoms. The largest absolute Gasteiger partial charge is 0.293 e.